The van der Waals surface area contributed by atoms with Gasteiger partial charge in [0.1, 0.15) is 5.82 Å². The lowest BCUT2D eigenvalue weighted by molar-refractivity contribution is 0.625. The molecule has 1 aromatic heterocycles. The molecule has 26 heavy (non-hydrogen) atoms. The van der Waals surface area contributed by atoms with Gasteiger partial charge in [0.05, 0.1) is 12.1 Å². The van der Waals surface area contributed by atoms with Crippen LogP contribution >= 0.6 is 0 Å². The molecule has 0 unspecified atom stereocenters. The molecule has 2 N–H and O–H groups in total. The number of guanidine groups is 1. The molecule has 1 heterocycles. The van der Waals surface area contributed by atoms with E-state index in [4.69, 9.17) is 0 Å². The Bertz CT molecular complexity index is 887. The molecular weight excluding hydrogens is 327 g/mol. The molecule has 0 atom stereocenters. The highest BCUT2D eigenvalue weighted by Gasteiger charge is 2.03. The number of benzene rings is 2. The van der Waals surface area contributed by atoms with Crippen LogP contribution in [0.3, 0.4) is 0 Å². The van der Waals surface area contributed by atoms with Gasteiger partial charge in [-0.1, -0.05) is 36.4 Å². The Hall–Kier alpha value is -2.95. The molecule has 0 aliphatic carbocycles. The maximum absolute atomic E-state index is 13.2. The SMILES string of the molecule is CCNC(=NCc1cccc2cccnc12)NCCc1cccc(F)c1. The number of nitrogens with one attached hydrogen (secondary N) is 2. The van der Waals surface area contributed by atoms with Crippen molar-refractivity contribution in [1.29, 1.82) is 0 Å². The summed E-state index contributed by atoms with van der Waals surface area (Å²) < 4.78 is 13.2. The normalized spacial score (nSPS) is 11.5. The summed E-state index contributed by atoms with van der Waals surface area (Å²) in [7, 11) is 0. The number of halogens is 1. The van der Waals surface area contributed by atoms with Crippen LogP contribution in [0.25, 0.3) is 10.9 Å². The van der Waals surface area contributed by atoms with Gasteiger partial charge in [-0.3, -0.25) is 4.98 Å². The third kappa shape index (κ3) is 4.79. The third-order valence-corrected chi connectivity index (χ3v) is 4.06. The molecular formula is C21H23FN4. The van der Waals surface area contributed by atoms with Gasteiger partial charge in [0.25, 0.3) is 0 Å². The topological polar surface area (TPSA) is 49.3 Å². The van der Waals surface area contributed by atoms with Crippen molar-refractivity contribution in [3.8, 4) is 0 Å². The summed E-state index contributed by atoms with van der Waals surface area (Å²) >= 11 is 0. The second kappa shape index (κ2) is 8.94. The highest BCUT2D eigenvalue weighted by molar-refractivity contribution is 5.83. The number of para-hydroxylation sites is 1. The summed E-state index contributed by atoms with van der Waals surface area (Å²) in [6.07, 6.45) is 2.54. The van der Waals surface area contributed by atoms with Crippen molar-refractivity contribution >= 4 is 16.9 Å². The van der Waals surface area contributed by atoms with Gasteiger partial charge in [-0.2, -0.15) is 0 Å². The Morgan fingerprint density at radius 2 is 1.92 bits per heavy atom. The molecule has 0 fully saturated rings. The Morgan fingerprint density at radius 1 is 1.08 bits per heavy atom. The number of aromatic nitrogens is 1. The predicted octanol–water partition coefficient (Wildman–Crippen LogP) is 3.67. The van der Waals surface area contributed by atoms with E-state index >= 15 is 0 Å². The van der Waals surface area contributed by atoms with Crippen LogP contribution in [0.4, 0.5) is 4.39 Å². The monoisotopic (exact) mass is 350 g/mol. The molecule has 0 saturated heterocycles. The molecule has 3 aromatic rings. The van der Waals surface area contributed by atoms with E-state index in [1.54, 1.807) is 18.3 Å². The molecule has 0 aliphatic heterocycles. The number of pyridine rings is 1. The summed E-state index contributed by atoms with van der Waals surface area (Å²) in [5.74, 6) is 0.545. The van der Waals surface area contributed by atoms with Crippen molar-refractivity contribution in [2.45, 2.75) is 19.9 Å². The van der Waals surface area contributed by atoms with E-state index in [9.17, 15) is 4.39 Å². The van der Waals surface area contributed by atoms with Crippen LogP contribution in [0.15, 0.2) is 65.8 Å². The van der Waals surface area contributed by atoms with Gasteiger partial charge in [-0.05, 0) is 42.7 Å². The van der Waals surface area contributed by atoms with Crippen molar-refractivity contribution in [2.24, 2.45) is 4.99 Å². The van der Waals surface area contributed by atoms with Crippen molar-refractivity contribution in [3.63, 3.8) is 0 Å². The van der Waals surface area contributed by atoms with Gasteiger partial charge < -0.3 is 10.6 Å². The van der Waals surface area contributed by atoms with Crippen LogP contribution in [0.1, 0.15) is 18.1 Å². The number of nitrogens with zero attached hydrogens (tertiary/aromatic N) is 2. The average Bonchev–Trinajstić information content (AvgIpc) is 2.66. The molecule has 3 rings (SSSR count). The van der Waals surface area contributed by atoms with E-state index in [1.165, 1.54) is 6.07 Å². The van der Waals surface area contributed by atoms with Crippen LogP contribution in [0.5, 0.6) is 0 Å². The fourth-order valence-electron chi connectivity index (χ4n) is 2.82. The van der Waals surface area contributed by atoms with E-state index < -0.39 is 0 Å². The van der Waals surface area contributed by atoms with Gasteiger partial charge in [0, 0.05) is 24.7 Å². The van der Waals surface area contributed by atoms with E-state index in [0.29, 0.717) is 13.1 Å². The first kappa shape index (κ1) is 17.9. The number of aliphatic imine (C=N–C) groups is 1. The first-order valence-corrected chi connectivity index (χ1v) is 8.85. The summed E-state index contributed by atoms with van der Waals surface area (Å²) in [4.78, 5) is 9.13. The number of fused-ring (bicyclic) bond motifs is 1. The van der Waals surface area contributed by atoms with Crippen molar-refractivity contribution in [3.05, 3.63) is 77.7 Å². The molecule has 0 spiro atoms. The van der Waals surface area contributed by atoms with Crippen LogP contribution in [-0.4, -0.2) is 24.0 Å². The Balaban J connectivity index is 1.65. The minimum absolute atomic E-state index is 0.202. The smallest absolute Gasteiger partial charge is 0.191 e. The highest BCUT2D eigenvalue weighted by Crippen LogP contribution is 2.16. The van der Waals surface area contributed by atoms with Gasteiger partial charge in [-0.25, -0.2) is 9.38 Å². The maximum Gasteiger partial charge on any atom is 0.191 e. The molecule has 2 aromatic carbocycles. The van der Waals surface area contributed by atoms with Gasteiger partial charge in [-0.15, -0.1) is 0 Å². The Kier molecular flexibility index (Phi) is 6.14. The van der Waals surface area contributed by atoms with Crippen LogP contribution in [0, 0.1) is 5.82 Å². The third-order valence-electron chi connectivity index (χ3n) is 4.06. The van der Waals surface area contributed by atoms with Gasteiger partial charge in [0.15, 0.2) is 5.96 Å². The lowest BCUT2D eigenvalue weighted by Crippen LogP contribution is -2.38. The fourth-order valence-corrected chi connectivity index (χ4v) is 2.82. The van der Waals surface area contributed by atoms with Crippen LogP contribution in [0.2, 0.25) is 0 Å². The summed E-state index contributed by atoms with van der Waals surface area (Å²) in [6, 6.07) is 16.8. The molecule has 0 amide bonds. The molecule has 0 bridgehead atoms. The van der Waals surface area contributed by atoms with E-state index in [2.05, 4.69) is 38.8 Å². The fraction of sp³-hybridized carbons (Fsp3) is 0.238. The van der Waals surface area contributed by atoms with Gasteiger partial charge >= 0.3 is 0 Å². The standard InChI is InChI=1S/C21H23FN4/c1-2-23-21(25-13-11-16-6-3-10-19(22)14-16)26-15-18-8-4-7-17-9-5-12-24-20(17)18/h3-10,12,14H,2,11,13,15H2,1H3,(H2,23,25,26). The first-order valence-electron chi connectivity index (χ1n) is 8.85. The molecule has 4 nitrogen and oxygen atoms in total. The Labute approximate surface area is 153 Å². The van der Waals surface area contributed by atoms with Crippen LogP contribution in [-0.2, 0) is 13.0 Å². The summed E-state index contributed by atoms with van der Waals surface area (Å²) in [6.45, 7) is 4.04. The minimum atomic E-state index is -0.202. The molecule has 5 heteroatoms. The zero-order chi connectivity index (χ0) is 18.2. The van der Waals surface area contributed by atoms with Crippen molar-refractivity contribution < 1.29 is 4.39 Å². The van der Waals surface area contributed by atoms with E-state index in [1.807, 2.05) is 25.1 Å². The Morgan fingerprint density at radius 3 is 2.77 bits per heavy atom. The lowest BCUT2D eigenvalue weighted by Gasteiger charge is -2.12. The van der Waals surface area contributed by atoms with Gasteiger partial charge in [0.2, 0.25) is 0 Å². The maximum atomic E-state index is 13.2. The largest absolute Gasteiger partial charge is 0.357 e. The average molecular weight is 350 g/mol. The second-order valence-electron chi connectivity index (χ2n) is 5.99. The lowest BCUT2D eigenvalue weighted by atomic mass is 10.1. The molecule has 134 valence electrons. The molecule has 0 aliphatic rings. The zero-order valence-corrected chi connectivity index (χ0v) is 14.9. The number of rotatable bonds is 6. The second-order valence-corrected chi connectivity index (χ2v) is 5.99. The van der Waals surface area contributed by atoms with Crippen LogP contribution < -0.4 is 10.6 Å². The zero-order valence-electron chi connectivity index (χ0n) is 14.9. The van der Waals surface area contributed by atoms with Crippen molar-refractivity contribution in [2.75, 3.05) is 13.1 Å². The molecule has 0 radical (unpaired) electrons. The predicted molar refractivity (Wildman–Crippen MR) is 105 cm³/mol. The highest BCUT2D eigenvalue weighted by atomic mass is 19.1. The van der Waals surface area contributed by atoms with Crippen molar-refractivity contribution in [1.82, 2.24) is 15.6 Å². The number of hydrogen-bond acceptors (Lipinski definition) is 2. The molecule has 0 saturated carbocycles. The summed E-state index contributed by atoms with van der Waals surface area (Å²) in [5.41, 5.74) is 3.03. The van der Waals surface area contributed by atoms with E-state index in [0.717, 1.165) is 41.0 Å². The quantitative estimate of drug-likeness (QED) is 0.527. The van der Waals surface area contributed by atoms with E-state index in [-0.39, 0.29) is 5.82 Å². The summed E-state index contributed by atoms with van der Waals surface area (Å²) in [5, 5.41) is 7.66. The number of hydrogen-bond donors (Lipinski definition) is 2. The first-order chi connectivity index (χ1) is 12.8. The minimum Gasteiger partial charge on any atom is -0.357 e.